The largest absolute Gasteiger partial charge is 0.346 e. The molecule has 0 atom stereocenters. The SMILES string of the molecule is COC(O)O.NS(=O)(=O)Cc1ccccc1. The molecule has 0 aliphatic rings. The van der Waals surface area contributed by atoms with Gasteiger partial charge >= 0.3 is 0 Å². The van der Waals surface area contributed by atoms with E-state index >= 15 is 0 Å². The monoisotopic (exact) mass is 249 g/mol. The Balaban J connectivity index is 0.000000385. The second-order valence-corrected chi connectivity index (χ2v) is 4.47. The molecule has 0 aliphatic carbocycles. The highest BCUT2D eigenvalue weighted by molar-refractivity contribution is 7.88. The van der Waals surface area contributed by atoms with Gasteiger partial charge in [-0.1, -0.05) is 30.3 Å². The first kappa shape index (κ1) is 15.0. The van der Waals surface area contributed by atoms with Crippen molar-refractivity contribution in [3.63, 3.8) is 0 Å². The maximum atomic E-state index is 10.6. The Morgan fingerprint density at radius 1 is 1.31 bits per heavy atom. The molecule has 7 heteroatoms. The summed E-state index contributed by atoms with van der Waals surface area (Å²) in [4.78, 5) is 0. The standard InChI is InChI=1S/C7H9NO2S.C2H6O3/c8-11(9,10)6-7-4-2-1-3-5-7;1-5-2(3)4/h1-5H,6H2,(H2,8,9,10);2-4H,1H3. The number of rotatable bonds is 3. The minimum absolute atomic E-state index is 0.0894. The summed E-state index contributed by atoms with van der Waals surface area (Å²) in [6.45, 7) is -1.62. The Bertz CT molecular complexity index is 376. The summed E-state index contributed by atoms with van der Waals surface area (Å²) in [7, 11) is -2.18. The van der Waals surface area contributed by atoms with E-state index in [9.17, 15) is 8.42 Å². The molecule has 0 aromatic heterocycles. The molecule has 0 amide bonds. The van der Waals surface area contributed by atoms with Crippen molar-refractivity contribution in [2.45, 2.75) is 12.2 Å². The number of hydrogen-bond acceptors (Lipinski definition) is 5. The summed E-state index contributed by atoms with van der Waals surface area (Å²) in [5.74, 6) is -0.0894. The van der Waals surface area contributed by atoms with Gasteiger partial charge in [0.15, 0.2) is 0 Å². The van der Waals surface area contributed by atoms with Crippen LogP contribution in [0.15, 0.2) is 30.3 Å². The molecule has 0 heterocycles. The summed E-state index contributed by atoms with van der Waals surface area (Å²) < 4.78 is 25.0. The number of sulfonamides is 1. The first-order chi connectivity index (χ1) is 7.35. The van der Waals surface area contributed by atoms with Crippen molar-refractivity contribution in [2.75, 3.05) is 7.11 Å². The average Bonchev–Trinajstić information content (AvgIpc) is 2.17. The highest BCUT2D eigenvalue weighted by Gasteiger charge is 2.02. The van der Waals surface area contributed by atoms with E-state index in [2.05, 4.69) is 4.74 Å². The number of methoxy groups -OCH3 is 1. The van der Waals surface area contributed by atoms with Crippen LogP contribution in [-0.2, 0) is 20.5 Å². The summed E-state index contributed by atoms with van der Waals surface area (Å²) in [5, 5.41) is 20.2. The number of primary sulfonamides is 1. The molecule has 0 bridgehead atoms. The predicted molar refractivity (Wildman–Crippen MR) is 58.5 cm³/mol. The van der Waals surface area contributed by atoms with Gasteiger partial charge in [0.25, 0.3) is 6.48 Å². The van der Waals surface area contributed by atoms with Crippen LogP contribution in [0.1, 0.15) is 5.56 Å². The van der Waals surface area contributed by atoms with E-state index in [4.69, 9.17) is 15.4 Å². The number of nitrogens with two attached hydrogens (primary N) is 1. The minimum atomic E-state index is -3.38. The van der Waals surface area contributed by atoms with Crippen molar-refractivity contribution >= 4 is 10.0 Å². The quantitative estimate of drug-likeness (QED) is 0.618. The second-order valence-electron chi connectivity index (χ2n) is 2.85. The molecule has 0 saturated carbocycles. The third-order valence-electron chi connectivity index (χ3n) is 1.42. The highest BCUT2D eigenvalue weighted by Crippen LogP contribution is 2.01. The third-order valence-corrected chi connectivity index (χ3v) is 2.16. The first-order valence-electron chi connectivity index (χ1n) is 4.28. The molecule has 0 saturated heterocycles. The Morgan fingerprint density at radius 2 is 1.75 bits per heavy atom. The molecule has 4 N–H and O–H groups in total. The van der Waals surface area contributed by atoms with Crippen LogP contribution < -0.4 is 5.14 Å². The molecule has 1 aromatic rings. The molecule has 92 valence electrons. The molecule has 6 nitrogen and oxygen atoms in total. The number of hydrogen-bond donors (Lipinski definition) is 3. The molecular formula is C9H15NO5S. The number of benzene rings is 1. The van der Waals surface area contributed by atoms with Gasteiger partial charge in [-0.15, -0.1) is 0 Å². The van der Waals surface area contributed by atoms with Crippen molar-refractivity contribution < 1.29 is 23.4 Å². The van der Waals surface area contributed by atoms with Crippen molar-refractivity contribution in [3.8, 4) is 0 Å². The summed E-state index contributed by atoms with van der Waals surface area (Å²) in [6.07, 6.45) is 0. The molecule has 1 rings (SSSR count). The molecule has 0 spiro atoms. The van der Waals surface area contributed by atoms with Gasteiger partial charge in [-0.3, -0.25) is 0 Å². The topological polar surface area (TPSA) is 110 Å². The van der Waals surface area contributed by atoms with Gasteiger partial charge in [-0.05, 0) is 5.56 Å². The average molecular weight is 249 g/mol. The lowest BCUT2D eigenvalue weighted by atomic mass is 10.2. The molecule has 0 aliphatic heterocycles. The lowest BCUT2D eigenvalue weighted by molar-refractivity contribution is -0.218. The lowest BCUT2D eigenvalue weighted by Crippen LogP contribution is -2.14. The predicted octanol–water partition coefficient (Wildman–Crippen LogP) is -0.624. The molecule has 16 heavy (non-hydrogen) atoms. The minimum Gasteiger partial charge on any atom is -0.346 e. The summed E-state index contributed by atoms with van der Waals surface area (Å²) >= 11 is 0. The van der Waals surface area contributed by atoms with E-state index in [1.54, 1.807) is 24.3 Å². The zero-order chi connectivity index (χ0) is 12.6. The van der Waals surface area contributed by atoms with E-state index in [-0.39, 0.29) is 5.75 Å². The van der Waals surface area contributed by atoms with Crippen molar-refractivity contribution in [2.24, 2.45) is 5.14 Å². The van der Waals surface area contributed by atoms with Crippen LogP contribution >= 0.6 is 0 Å². The third kappa shape index (κ3) is 9.56. The van der Waals surface area contributed by atoms with Crippen LogP contribution in [0.25, 0.3) is 0 Å². The highest BCUT2D eigenvalue weighted by atomic mass is 32.2. The van der Waals surface area contributed by atoms with Crippen LogP contribution in [0.5, 0.6) is 0 Å². The van der Waals surface area contributed by atoms with E-state index in [0.717, 1.165) is 5.56 Å². The zero-order valence-corrected chi connectivity index (χ0v) is 9.59. The lowest BCUT2D eigenvalue weighted by Gasteiger charge is -1.96. The fraction of sp³-hybridized carbons (Fsp3) is 0.333. The maximum Gasteiger partial charge on any atom is 0.266 e. The van der Waals surface area contributed by atoms with Gasteiger partial charge in [0.2, 0.25) is 10.0 Å². The van der Waals surface area contributed by atoms with Crippen molar-refractivity contribution in [1.29, 1.82) is 0 Å². The second kappa shape index (κ2) is 7.31. The van der Waals surface area contributed by atoms with Crippen LogP contribution in [0, 0.1) is 0 Å². The van der Waals surface area contributed by atoms with Gasteiger partial charge in [0, 0.05) is 7.11 Å². The van der Waals surface area contributed by atoms with Gasteiger partial charge in [-0.25, -0.2) is 13.6 Å². The van der Waals surface area contributed by atoms with E-state index in [1.165, 1.54) is 7.11 Å². The van der Waals surface area contributed by atoms with Crippen LogP contribution in [0.3, 0.4) is 0 Å². The van der Waals surface area contributed by atoms with E-state index in [0.29, 0.717) is 0 Å². The molecule has 0 fully saturated rings. The van der Waals surface area contributed by atoms with Crippen LogP contribution in [0.2, 0.25) is 0 Å². The van der Waals surface area contributed by atoms with Gasteiger partial charge in [0.1, 0.15) is 0 Å². The first-order valence-corrected chi connectivity index (χ1v) is 6.00. The zero-order valence-electron chi connectivity index (χ0n) is 8.78. The fourth-order valence-corrected chi connectivity index (χ4v) is 1.46. The number of aliphatic hydroxyl groups is 2. The Hall–Kier alpha value is -0.990. The Morgan fingerprint density at radius 3 is 2.06 bits per heavy atom. The van der Waals surface area contributed by atoms with Gasteiger partial charge in [0.05, 0.1) is 5.75 Å². The smallest absolute Gasteiger partial charge is 0.266 e. The van der Waals surface area contributed by atoms with E-state index < -0.39 is 16.5 Å². The molecule has 0 unspecified atom stereocenters. The van der Waals surface area contributed by atoms with Crippen molar-refractivity contribution in [3.05, 3.63) is 35.9 Å². The summed E-state index contributed by atoms with van der Waals surface area (Å²) in [5.41, 5.74) is 0.718. The molecule has 1 aromatic carbocycles. The summed E-state index contributed by atoms with van der Waals surface area (Å²) in [6, 6.07) is 8.84. The maximum absolute atomic E-state index is 10.6. The number of ether oxygens (including phenoxy) is 1. The van der Waals surface area contributed by atoms with E-state index in [1.807, 2.05) is 6.07 Å². The van der Waals surface area contributed by atoms with Crippen LogP contribution in [-0.4, -0.2) is 32.2 Å². The van der Waals surface area contributed by atoms with Gasteiger partial charge in [-0.2, -0.15) is 0 Å². The Labute approximate surface area is 94.3 Å². The fourth-order valence-electron chi connectivity index (χ4n) is 0.807. The normalized spacial score (nSPS) is 10.8. The van der Waals surface area contributed by atoms with Crippen molar-refractivity contribution in [1.82, 2.24) is 0 Å². The van der Waals surface area contributed by atoms with Gasteiger partial charge < -0.3 is 14.9 Å². The molecule has 0 radical (unpaired) electrons. The Kier molecular flexibility index (Phi) is 6.86. The number of aliphatic hydroxyl groups excluding tert-OH is 1. The van der Waals surface area contributed by atoms with Crippen LogP contribution in [0.4, 0.5) is 0 Å². The molecular weight excluding hydrogens is 234 g/mol.